The zero-order valence-corrected chi connectivity index (χ0v) is 18.1. The number of nitrogens with zero attached hydrogens (tertiary/aromatic N) is 5. The third-order valence-corrected chi connectivity index (χ3v) is 4.66. The number of hydrogen-bond donors (Lipinski definition) is 1. The van der Waals surface area contributed by atoms with E-state index >= 15 is 0 Å². The maximum atomic E-state index is 12.4. The van der Waals surface area contributed by atoms with E-state index in [4.69, 9.17) is 10.00 Å². The maximum Gasteiger partial charge on any atom is 0.410 e. The largest absolute Gasteiger partial charge is 0.444 e. The van der Waals surface area contributed by atoms with Gasteiger partial charge in [0.25, 0.3) is 0 Å². The van der Waals surface area contributed by atoms with Gasteiger partial charge in [0.2, 0.25) is 5.95 Å². The predicted molar refractivity (Wildman–Crippen MR) is 116 cm³/mol. The molecule has 158 valence electrons. The molecule has 1 atom stereocenters. The number of aryl methyl sites for hydroxylation is 1. The van der Waals surface area contributed by atoms with E-state index < -0.39 is 5.60 Å². The minimum atomic E-state index is -0.511. The zero-order valence-electron chi connectivity index (χ0n) is 18.1. The van der Waals surface area contributed by atoms with E-state index in [1.807, 2.05) is 45.9 Å². The Labute approximate surface area is 177 Å². The van der Waals surface area contributed by atoms with Crippen LogP contribution in [0.15, 0.2) is 30.3 Å². The van der Waals surface area contributed by atoms with E-state index in [0.29, 0.717) is 37.0 Å². The van der Waals surface area contributed by atoms with Gasteiger partial charge >= 0.3 is 6.09 Å². The molecular weight excluding hydrogens is 380 g/mol. The summed E-state index contributed by atoms with van der Waals surface area (Å²) in [5, 5.41) is 12.2. The van der Waals surface area contributed by atoms with Crippen molar-refractivity contribution in [3.05, 3.63) is 41.6 Å². The average molecular weight is 409 g/mol. The molecule has 3 rings (SSSR count). The Hall–Kier alpha value is -3.34. The average Bonchev–Trinajstić information content (AvgIpc) is 2.66. The summed E-state index contributed by atoms with van der Waals surface area (Å²) in [6.45, 7) is 11.3. The van der Waals surface area contributed by atoms with Crippen molar-refractivity contribution in [2.45, 2.75) is 46.3 Å². The van der Waals surface area contributed by atoms with Gasteiger partial charge in [-0.2, -0.15) is 10.2 Å². The first-order valence-corrected chi connectivity index (χ1v) is 10.0. The van der Waals surface area contributed by atoms with Crippen molar-refractivity contribution in [3.63, 3.8) is 0 Å². The van der Waals surface area contributed by atoms with E-state index in [1.54, 1.807) is 17.0 Å². The summed E-state index contributed by atoms with van der Waals surface area (Å²) < 4.78 is 5.49. The second-order valence-corrected chi connectivity index (χ2v) is 8.48. The first kappa shape index (κ1) is 21.4. The molecular formula is C22H28N6O2. The molecule has 8 heteroatoms. The first-order chi connectivity index (χ1) is 14.1. The number of nitrogens with one attached hydrogen (secondary N) is 1. The summed E-state index contributed by atoms with van der Waals surface area (Å²) >= 11 is 0. The fraction of sp³-hybridized carbons (Fsp3) is 0.455. The Morgan fingerprint density at radius 3 is 2.53 bits per heavy atom. The van der Waals surface area contributed by atoms with E-state index in [9.17, 15) is 4.79 Å². The van der Waals surface area contributed by atoms with Gasteiger partial charge in [-0.1, -0.05) is 0 Å². The first-order valence-electron chi connectivity index (χ1n) is 10.0. The molecule has 0 aliphatic carbocycles. The Morgan fingerprint density at radius 1 is 1.23 bits per heavy atom. The molecule has 0 bridgehead atoms. The van der Waals surface area contributed by atoms with Crippen LogP contribution >= 0.6 is 0 Å². The number of anilines is 3. The summed E-state index contributed by atoms with van der Waals surface area (Å²) in [6, 6.07) is 11.2. The normalized spacial score (nSPS) is 16.7. The molecule has 1 N–H and O–H groups in total. The number of carbonyl (C=O) groups is 1. The molecule has 2 heterocycles. The van der Waals surface area contributed by atoms with Crippen molar-refractivity contribution in [1.82, 2.24) is 14.9 Å². The molecule has 0 radical (unpaired) electrons. The fourth-order valence-electron chi connectivity index (χ4n) is 3.27. The number of piperazine rings is 1. The summed E-state index contributed by atoms with van der Waals surface area (Å²) in [5.41, 5.74) is 1.79. The Kier molecular flexibility index (Phi) is 6.11. The number of carbonyl (C=O) groups excluding carboxylic acids is 1. The van der Waals surface area contributed by atoms with Crippen LogP contribution in [0.4, 0.5) is 22.2 Å². The highest BCUT2D eigenvalue weighted by atomic mass is 16.6. The molecule has 1 aliphatic rings. The minimum Gasteiger partial charge on any atom is -0.444 e. The molecule has 1 aromatic carbocycles. The SMILES string of the molecule is Cc1cc(Nc2ccc(C#N)cc2)nc(N2CCN(C(=O)OC(C)(C)C)CC2C)n1. The quantitative estimate of drug-likeness (QED) is 0.824. The monoisotopic (exact) mass is 408 g/mol. The smallest absolute Gasteiger partial charge is 0.410 e. The van der Waals surface area contributed by atoms with Gasteiger partial charge in [-0.3, -0.25) is 0 Å². The van der Waals surface area contributed by atoms with E-state index in [-0.39, 0.29) is 12.1 Å². The number of ether oxygens (including phenoxy) is 1. The highest BCUT2D eigenvalue weighted by Crippen LogP contribution is 2.23. The number of aromatic nitrogens is 2. The van der Waals surface area contributed by atoms with Crippen LogP contribution in [0.3, 0.4) is 0 Å². The van der Waals surface area contributed by atoms with Gasteiger partial charge in [-0.15, -0.1) is 0 Å². The Balaban J connectivity index is 1.71. The van der Waals surface area contributed by atoms with E-state index in [2.05, 4.69) is 33.2 Å². The molecule has 8 nitrogen and oxygen atoms in total. The molecule has 1 unspecified atom stereocenters. The van der Waals surface area contributed by atoms with Crippen LogP contribution in [0.25, 0.3) is 0 Å². The van der Waals surface area contributed by atoms with Gasteiger partial charge in [-0.25, -0.2) is 9.78 Å². The van der Waals surface area contributed by atoms with Crippen molar-refractivity contribution >= 4 is 23.5 Å². The van der Waals surface area contributed by atoms with Crippen LogP contribution in [-0.4, -0.2) is 52.2 Å². The van der Waals surface area contributed by atoms with Crippen molar-refractivity contribution in [2.24, 2.45) is 0 Å². The van der Waals surface area contributed by atoms with E-state index in [1.165, 1.54) is 0 Å². The van der Waals surface area contributed by atoms with Crippen molar-refractivity contribution in [2.75, 3.05) is 29.9 Å². The lowest BCUT2D eigenvalue weighted by atomic mass is 10.2. The molecule has 1 aliphatic heterocycles. The van der Waals surface area contributed by atoms with Crippen molar-refractivity contribution in [3.8, 4) is 6.07 Å². The summed E-state index contributed by atoms with van der Waals surface area (Å²) in [6.07, 6.45) is -0.290. The lowest BCUT2D eigenvalue weighted by molar-refractivity contribution is 0.0218. The lowest BCUT2D eigenvalue weighted by Gasteiger charge is -2.40. The molecule has 2 aromatic rings. The van der Waals surface area contributed by atoms with Gasteiger partial charge in [0.1, 0.15) is 11.4 Å². The second kappa shape index (κ2) is 8.57. The predicted octanol–water partition coefficient (Wildman–Crippen LogP) is 3.85. The number of hydrogen-bond acceptors (Lipinski definition) is 7. The Morgan fingerprint density at radius 2 is 1.93 bits per heavy atom. The molecule has 1 fully saturated rings. The van der Waals surface area contributed by atoms with Gasteiger partial charge in [0.05, 0.1) is 11.6 Å². The van der Waals surface area contributed by atoms with Crippen molar-refractivity contribution in [1.29, 1.82) is 5.26 Å². The number of amides is 1. The van der Waals surface area contributed by atoms with Gasteiger partial charge in [0, 0.05) is 43.1 Å². The van der Waals surface area contributed by atoms with Crippen LogP contribution in [0.2, 0.25) is 0 Å². The minimum absolute atomic E-state index is 0.0517. The van der Waals surface area contributed by atoms with Crippen LogP contribution in [0, 0.1) is 18.3 Å². The number of nitriles is 1. The van der Waals surface area contributed by atoms with Crippen LogP contribution in [0.5, 0.6) is 0 Å². The molecule has 1 amide bonds. The molecule has 0 saturated carbocycles. The lowest BCUT2D eigenvalue weighted by Crippen LogP contribution is -2.55. The molecule has 1 aromatic heterocycles. The van der Waals surface area contributed by atoms with E-state index in [0.717, 1.165) is 11.4 Å². The van der Waals surface area contributed by atoms with Gasteiger partial charge in [-0.05, 0) is 58.9 Å². The molecule has 0 spiro atoms. The topological polar surface area (TPSA) is 94.4 Å². The van der Waals surface area contributed by atoms with Crippen molar-refractivity contribution < 1.29 is 9.53 Å². The van der Waals surface area contributed by atoms with Gasteiger partial charge < -0.3 is 19.9 Å². The Bertz CT molecular complexity index is 946. The summed E-state index contributed by atoms with van der Waals surface area (Å²) in [5.74, 6) is 1.31. The summed E-state index contributed by atoms with van der Waals surface area (Å²) in [7, 11) is 0. The third-order valence-electron chi connectivity index (χ3n) is 4.66. The molecule has 1 saturated heterocycles. The highest BCUT2D eigenvalue weighted by molar-refractivity contribution is 5.68. The van der Waals surface area contributed by atoms with Crippen LogP contribution in [0.1, 0.15) is 39.0 Å². The number of benzene rings is 1. The third kappa shape index (κ3) is 5.38. The number of rotatable bonds is 3. The van der Waals surface area contributed by atoms with Gasteiger partial charge in [0.15, 0.2) is 0 Å². The maximum absolute atomic E-state index is 12.4. The van der Waals surface area contributed by atoms with Crippen LogP contribution < -0.4 is 10.2 Å². The zero-order chi connectivity index (χ0) is 21.9. The molecule has 30 heavy (non-hydrogen) atoms. The van der Waals surface area contributed by atoms with Crippen LogP contribution in [-0.2, 0) is 4.74 Å². The fourth-order valence-corrected chi connectivity index (χ4v) is 3.27. The summed E-state index contributed by atoms with van der Waals surface area (Å²) in [4.78, 5) is 25.5. The second-order valence-electron chi connectivity index (χ2n) is 8.48. The highest BCUT2D eigenvalue weighted by Gasteiger charge is 2.31. The standard InChI is InChI=1S/C22H28N6O2/c1-15-12-19(25-18-8-6-17(13-23)7-9-18)26-20(24-15)28-11-10-27(14-16(28)2)21(29)30-22(3,4)5/h6-9,12,16H,10-11,14H2,1-5H3,(H,24,25,26).